The van der Waals surface area contributed by atoms with Gasteiger partial charge in [-0.3, -0.25) is 34.1 Å². The maximum absolute atomic E-state index is 13.2. The maximum atomic E-state index is 13.2. The molecule has 226 valence electrons. The third-order valence-corrected chi connectivity index (χ3v) is 8.35. The van der Waals surface area contributed by atoms with Gasteiger partial charge in [0.25, 0.3) is 21.8 Å². The summed E-state index contributed by atoms with van der Waals surface area (Å²) < 4.78 is 27.8. The number of hydrogen-bond donors (Lipinski definition) is 4. The number of carboxylic acid groups (broad SMARTS) is 1. The van der Waals surface area contributed by atoms with Gasteiger partial charge in [0.1, 0.15) is 6.04 Å². The minimum absolute atomic E-state index is 0.0102. The number of benzene rings is 3. The quantitative estimate of drug-likeness (QED) is 0.203. The second-order valence-corrected chi connectivity index (χ2v) is 12.4. The van der Waals surface area contributed by atoms with Crippen LogP contribution in [0.3, 0.4) is 0 Å². The summed E-state index contributed by atoms with van der Waals surface area (Å²) in [6.45, 7) is 3.90. The lowest BCUT2D eigenvalue weighted by atomic mass is 10.0. The lowest BCUT2D eigenvalue weighted by Crippen LogP contribution is -2.52. The van der Waals surface area contributed by atoms with Crippen LogP contribution in [0.15, 0.2) is 83.8 Å². The van der Waals surface area contributed by atoms with E-state index in [2.05, 4.69) is 15.4 Å². The Morgan fingerprint density at radius 2 is 1.49 bits per heavy atom. The van der Waals surface area contributed by atoms with Crippen molar-refractivity contribution in [3.63, 3.8) is 0 Å². The molecule has 0 fully saturated rings. The molecule has 4 N–H and O–H groups in total. The molecule has 0 bridgehead atoms. The molecule has 0 aliphatic carbocycles. The van der Waals surface area contributed by atoms with Crippen LogP contribution >= 0.6 is 0 Å². The number of imide groups is 1. The van der Waals surface area contributed by atoms with Gasteiger partial charge in [0.15, 0.2) is 0 Å². The number of fused-ring (bicyclic) bond motifs is 1. The molecule has 4 rings (SSSR count). The fraction of sp³-hybridized carbons (Fsp3) is 0.290. The van der Waals surface area contributed by atoms with E-state index in [9.17, 15) is 32.7 Å². The van der Waals surface area contributed by atoms with Gasteiger partial charge in [-0.2, -0.15) is 0 Å². The van der Waals surface area contributed by atoms with E-state index in [0.717, 1.165) is 10.5 Å². The molecule has 0 aromatic heterocycles. The van der Waals surface area contributed by atoms with Crippen molar-refractivity contribution >= 4 is 39.4 Å². The van der Waals surface area contributed by atoms with E-state index in [1.165, 1.54) is 30.3 Å². The number of aliphatic carboxylic acids is 1. The van der Waals surface area contributed by atoms with Gasteiger partial charge in [-0.15, -0.1) is 0 Å². The molecule has 0 saturated carbocycles. The van der Waals surface area contributed by atoms with E-state index in [1.807, 2.05) is 44.2 Å². The number of amides is 3. The fourth-order valence-corrected chi connectivity index (χ4v) is 5.85. The molecule has 0 radical (unpaired) electrons. The molecule has 2 atom stereocenters. The van der Waals surface area contributed by atoms with Crippen molar-refractivity contribution in [3.05, 3.63) is 95.6 Å². The summed E-state index contributed by atoms with van der Waals surface area (Å²) in [5, 5.41) is 15.7. The monoisotopic (exact) mass is 606 g/mol. The Hall–Kier alpha value is -4.55. The highest BCUT2D eigenvalue weighted by Crippen LogP contribution is 2.27. The molecule has 43 heavy (non-hydrogen) atoms. The number of carbonyl (C=O) groups excluding carboxylic acids is 3. The minimum atomic E-state index is -3.92. The van der Waals surface area contributed by atoms with Crippen molar-refractivity contribution in [2.24, 2.45) is 5.92 Å². The molecule has 1 unspecified atom stereocenters. The molecule has 3 aromatic rings. The summed E-state index contributed by atoms with van der Waals surface area (Å²) in [5.74, 6) is -2.77. The second kappa shape index (κ2) is 13.6. The topological polar surface area (TPSA) is 162 Å². The zero-order valence-corrected chi connectivity index (χ0v) is 24.6. The molecule has 11 nitrogen and oxygen atoms in total. The van der Waals surface area contributed by atoms with Gasteiger partial charge in [0.05, 0.1) is 22.1 Å². The molecule has 1 aliphatic rings. The van der Waals surface area contributed by atoms with Crippen LogP contribution in [0.5, 0.6) is 0 Å². The van der Waals surface area contributed by atoms with E-state index >= 15 is 0 Å². The highest BCUT2D eigenvalue weighted by atomic mass is 32.2. The van der Waals surface area contributed by atoms with Crippen molar-refractivity contribution in [3.8, 4) is 0 Å². The smallest absolute Gasteiger partial charge is 0.320 e. The normalized spacial score (nSPS) is 14.3. The summed E-state index contributed by atoms with van der Waals surface area (Å²) in [7, 11) is -3.92. The lowest BCUT2D eigenvalue weighted by Gasteiger charge is -2.25. The van der Waals surface area contributed by atoms with E-state index in [4.69, 9.17) is 0 Å². The van der Waals surface area contributed by atoms with Crippen molar-refractivity contribution in [2.75, 3.05) is 11.3 Å². The molecule has 12 heteroatoms. The van der Waals surface area contributed by atoms with Crippen LogP contribution in [0, 0.1) is 5.92 Å². The number of sulfonamides is 1. The van der Waals surface area contributed by atoms with Gasteiger partial charge in [-0.1, -0.05) is 62.4 Å². The SMILES string of the molecule is CC(C)C[C@@H](NC(CCN1C(=O)c2ccc(NS(=O)(=O)c3ccccc3)cc2C1=O)C(=O)O)C(=O)NCc1ccccc1. The highest BCUT2D eigenvalue weighted by molar-refractivity contribution is 7.92. The Bertz CT molecular complexity index is 1590. The van der Waals surface area contributed by atoms with Crippen molar-refractivity contribution < 1.29 is 32.7 Å². The third kappa shape index (κ3) is 7.85. The Morgan fingerprint density at radius 1 is 0.860 bits per heavy atom. The molecule has 3 aromatic carbocycles. The molecule has 0 spiro atoms. The number of nitrogens with zero attached hydrogens (tertiary/aromatic N) is 1. The van der Waals surface area contributed by atoms with Gasteiger partial charge in [0.2, 0.25) is 5.91 Å². The summed E-state index contributed by atoms with van der Waals surface area (Å²) in [6.07, 6.45) is 0.230. The van der Waals surface area contributed by atoms with Gasteiger partial charge >= 0.3 is 5.97 Å². The predicted octanol–water partition coefficient (Wildman–Crippen LogP) is 3.25. The number of carboxylic acids is 1. The third-order valence-electron chi connectivity index (χ3n) is 6.95. The zero-order valence-electron chi connectivity index (χ0n) is 23.8. The molecule has 1 aliphatic heterocycles. The van der Waals surface area contributed by atoms with Gasteiger partial charge in [-0.25, -0.2) is 8.42 Å². The molecule has 1 heterocycles. The summed E-state index contributed by atoms with van der Waals surface area (Å²) in [6, 6.07) is 19.0. The lowest BCUT2D eigenvalue weighted by molar-refractivity contribution is -0.140. The number of carbonyl (C=O) groups is 4. The first kappa shape index (κ1) is 31.4. The second-order valence-electron chi connectivity index (χ2n) is 10.7. The molecular formula is C31H34N4O7S. The van der Waals surface area contributed by atoms with E-state index in [-0.39, 0.29) is 53.0 Å². The van der Waals surface area contributed by atoms with E-state index < -0.39 is 39.9 Å². The zero-order chi connectivity index (χ0) is 31.1. The largest absolute Gasteiger partial charge is 0.480 e. The standard InChI is InChI=1S/C31H34N4O7S/c1-20(2)17-27(28(36)32-19-21-9-5-3-6-10-21)33-26(31(39)40)15-16-35-29(37)24-14-13-22(18-25(24)30(35)38)34-43(41,42)23-11-7-4-8-12-23/h3-14,18,20,26-27,33-34H,15-17,19H2,1-2H3,(H,32,36)(H,39,40)/t26?,27-/m1/s1. The van der Waals surface area contributed by atoms with Crippen LogP contribution in [0.1, 0.15) is 53.0 Å². The first-order valence-electron chi connectivity index (χ1n) is 13.8. The first-order valence-corrected chi connectivity index (χ1v) is 15.3. The number of nitrogens with one attached hydrogen (secondary N) is 3. The average Bonchev–Trinajstić information content (AvgIpc) is 3.21. The van der Waals surface area contributed by atoms with Crippen LogP contribution in [0.4, 0.5) is 5.69 Å². The highest BCUT2D eigenvalue weighted by Gasteiger charge is 2.37. The van der Waals surface area contributed by atoms with Crippen molar-refractivity contribution in [1.82, 2.24) is 15.5 Å². The van der Waals surface area contributed by atoms with Crippen LogP contribution in [-0.4, -0.2) is 60.7 Å². The van der Waals surface area contributed by atoms with Crippen LogP contribution in [-0.2, 0) is 26.2 Å². The summed E-state index contributed by atoms with van der Waals surface area (Å²) in [4.78, 5) is 52.3. The van der Waals surface area contributed by atoms with E-state index in [0.29, 0.717) is 6.42 Å². The van der Waals surface area contributed by atoms with Gasteiger partial charge < -0.3 is 10.4 Å². The molecule has 0 saturated heterocycles. The summed E-state index contributed by atoms with van der Waals surface area (Å²) in [5.41, 5.74) is 1.10. The van der Waals surface area contributed by atoms with Crippen LogP contribution < -0.4 is 15.4 Å². The van der Waals surface area contributed by atoms with Crippen molar-refractivity contribution in [1.29, 1.82) is 0 Å². The number of rotatable bonds is 14. The molecular weight excluding hydrogens is 572 g/mol. The summed E-state index contributed by atoms with van der Waals surface area (Å²) >= 11 is 0. The number of anilines is 1. The Labute approximate surface area is 250 Å². The van der Waals surface area contributed by atoms with Crippen LogP contribution in [0.25, 0.3) is 0 Å². The minimum Gasteiger partial charge on any atom is -0.480 e. The number of hydrogen-bond acceptors (Lipinski definition) is 7. The van der Waals surface area contributed by atoms with Gasteiger partial charge in [0, 0.05) is 18.8 Å². The van der Waals surface area contributed by atoms with Crippen molar-refractivity contribution in [2.45, 2.75) is 50.2 Å². The molecule has 3 amide bonds. The van der Waals surface area contributed by atoms with E-state index in [1.54, 1.807) is 18.2 Å². The van der Waals surface area contributed by atoms with Crippen LogP contribution in [0.2, 0.25) is 0 Å². The Kier molecular flexibility index (Phi) is 9.94. The fourth-order valence-electron chi connectivity index (χ4n) is 4.78. The Morgan fingerprint density at radius 3 is 2.12 bits per heavy atom. The van der Waals surface area contributed by atoms with Gasteiger partial charge in [-0.05, 0) is 54.7 Å². The Balaban J connectivity index is 1.42. The first-order chi connectivity index (χ1) is 20.5. The predicted molar refractivity (Wildman–Crippen MR) is 160 cm³/mol. The average molecular weight is 607 g/mol. The maximum Gasteiger partial charge on any atom is 0.320 e.